The van der Waals surface area contributed by atoms with E-state index in [4.69, 9.17) is 13.3 Å². The van der Waals surface area contributed by atoms with Crippen molar-refractivity contribution in [3.05, 3.63) is 0 Å². The molecule has 0 spiro atoms. The molecule has 0 N–H and O–H groups in total. The van der Waals surface area contributed by atoms with Crippen LogP contribution in [0.5, 0.6) is 0 Å². The van der Waals surface area contributed by atoms with Gasteiger partial charge in [-0.2, -0.15) is 0 Å². The van der Waals surface area contributed by atoms with Gasteiger partial charge in [0, 0.05) is 25.4 Å². The molecule has 0 aromatic carbocycles. The highest BCUT2D eigenvalue weighted by molar-refractivity contribution is 6.62. The molecule has 0 heterocycles. The first-order valence-electron chi connectivity index (χ1n) is 7.65. The molecule has 0 amide bonds. The summed E-state index contributed by atoms with van der Waals surface area (Å²) in [5.41, 5.74) is 0.486. The van der Waals surface area contributed by atoms with E-state index in [9.17, 15) is 0 Å². The minimum Gasteiger partial charge on any atom is -0.374 e. The van der Waals surface area contributed by atoms with Crippen LogP contribution in [-0.4, -0.2) is 28.6 Å². The molecule has 0 radical (unpaired) electrons. The second-order valence-corrected chi connectivity index (χ2v) is 7.78. The molecule has 0 saturated heterocycles. The van der Waals surface area contributed by atoms with E-state index < -0.39 is 8.80 Å². The summed E-state index contributed by atoms with van der Waals surface area (Å²) in [6, 6.07) is 0. The summed E-state index contributed by atoms with van der Waals surface area (Å²) in [5, 5.41) is 0. The molecule has 18 heavy (non-hydrogen) atoms. The fraction of sp³-hybridized carbons (Fsp3) is 1.00. The number of hydrogen-bond donors (Lipinski definition) is 0. The summed E-state index contributed by atoms with van der Waals surface area (Å²) in [6.07, 6.45) is 6.46. The number of hydrogen-bond acceptors (Lipinski definition) is 3. The normalized spacial score (nSPS) is 19.3. The summed E-state index contributed by atoms with van der Waals surface area (Å²) in [5.74, 6) is 0.742. The molecule has 1 fully saturated rings. The molecule has 0 bridgehead atoms. The lowest BCUT2D eigenvalue weighted by Crippen LogP contribution is -2.52. The third-order valence-corrected chi connectivity index (χ3v) is 7.76. The number of rotatable bonds is 9. The molecule has 1 aliphatic rings. The summed E-state index contributed by atoms with van der Waals surface area (Å²) >= 11 is 0. The summed E-state index contributed by atoms with van der Waals surface area (Å²) in [4.78, 5) is 0. The predicted molar refractivity (Wildman–Crippen MR) is 76.6 cm³/mol. The van der Waals surface area contributed by atoms with E-state index in [1.165, 1.54) is 25.7 Å². The molecule has 1 aliphatic carbocycles. The topological polar surface area (TPSA) is 27.7 Å². The van der Waals surface area contributed by atoms with E-state index in [2.05, 4.69) is 6.92 Å². The summed E-state index contributed by atoms with van der Waals surface area (Å²) in [6.45, 7) is 10.4. The Morgan fingerprint density at radius 3 is 1.67 bits per heavy atom. The molecule has 1 rings (SSSR count). The molecule has 1 atom stereocenters. The lowest BCUT2D eigenvalue weighted by molar-refractivity contribution is 0.0530. The molecule has 108 valence electrons. The Labute approximate surface area is 114 Å². The van der Waals surface area contributed by atoms with Gasteiger partial charge in [0.2, 0.25) is 0 Å². The van der Waals surface area contributed by atoms with Crippen LogP contribution in [0.1, 0.15) is 59.8 Å². The van der Waals surface area contributed by atoms with Gasteiger partial charge in [0.25, 0.3) is 0 Å². The zero-order valence-electron chi connectivity index (χ0n) is 12.5. The summed E-state index contributed by atoms with van der Waals surface area (Å²) in [7, 11) is -2.49. The van der Waals surface area contributed by atoms with E-state index in [0.717, 1.165) is 12.3 Å². The van der Waals surface area contributed by atoms with Gasteiger partial charge in [-0.15, -0.1) is 0 Å². The van der Waals surface area contributed by atoms with Gasteiger partial charge >= 0.3 is 8.80 Å². The standard InChI is InChI=1S/C14H30O3Si/c1-5-14(13-11-9-10-12-13)18(15-6-2,16-7-3)17-8-4/h13-14H,5-12H2,1-4H3. The second-order valence-electron chi connectivity index (χ2n) is 4.96. The van der Waals surface area contributed by atoms with Gasteiger partial charge < -0.3 is 13.3 Å². The minimum absolute atomic E-state index is 0.486. The van der Waals surface area contributed by atoms with Crippen LogP contribution in [0, 0.1) is 5.92 Å². The average molecular weight is 274 g/mol. The van der Waals surface area contributed by atoms with Crippen LogP contribution in [0.3, 0.4) is 0 Å². The van der Waals surface area contributed by atoms with Crippen LogP contribution in [0.4, 0.5) is 0 Å². The smallest absolute Gasteiger partial charge is 0.374 e. The van der Waals surface area contributed by atoms with Crippen LogP contribution in [0.15, 0.2) is 0 Å². The monoisotopic (exact) mass is 274 g/mol. The van der Waals surface area contributed by atoms with Gasteiger partial charge in [-0.25, -0.2) is 0 Å². The maximum atomic E-state index is 6.07. The third kappa shape index (κ3) is 3.79. The van der Waals surface area contributed by atoms with E-state index >= 15 is 0 Å². The van der Waals surface area contributed by atoms with Gasteiger partial charge in [-0.1, -0.05) is 32.6 Å². The fourth-order valence-electron chi connectivity index (χ4n) is 3.28. The van der Waals surface area contributed by atoms with E-state index in [0.29, 0.717) is 25.4 Å². The van der Waals surface area contributed by atoms with Gasteiger partial charge in [0.05, 0.1) is 0 Å². The lowest BCUT2D eigenvalue weighted by Gasteiger charge is -2.37. The Balaban J connectivity index is 2.86. The van der Waals surface area contributed by atoms with Crippen molar-refractivity contribution in [2.24, 2.45) is 5.92 Å². The molecule has 0 aromatic rings. The Hall–Kier alpha value is 0.0969. The molecule has 0 aliphatic heterocycles. The lowest BCUT2D eigenvalue weighted by atomic mass is 10.0. The van der Waals surface area contributed by atoms with Crippen LogP contribution in [-0.2, 0) is 13.3 Å². The first-order valence-corrected chi connectivity index (χ1v) is 9.46. The maximum Gasteiger partial charge on any atom is 0.504 e. The average Bonchev–Trinajstić information content (AvgIpc) is 2.84. The molecule has 0 aromatic heterocycles. The Kier molecular flexibility index (Phi) is 7.45. The molecular formula is C14H30O3Si. The van der Waals surface area contributed by atoms with Gasteiger partial charge in [-0.05, 0) is 33.1 Å². The quantitative estimate of drug-likeness (QED) is 0.595. The third-order valence-electron chi connectivity index (χ3n) is 3.90. The van der Waals surface area contributed by atoms with Crippen molar-refractivity contribution in [2.75, 3.05) is 19.8 Å². The Morgan fingerprint density at radius 1 is 0.889 bits per heavy atom. The highest BCUT2D eigenvalue weighted by atomic mass is 28.4. The van der Waals surface area contributed by atoms with Gasteiger partial charge in [0.15, 0.2) is 0 Å². The molecule has 1 saturated carbocycles. The highest BCUT2D eigenvalue weighted by Crippen LogP contribution is 2.43. The maximum absolute atomic E-state index is 6.07. The van der Waals surface area contributed by atoms with Crippen molar-refractivity contribution < 1.29 is 13.3 Å². The van der Waals surface area contributed by atoms with Crippen molar-refractivity contribution in [3.8, 4) is 0 Å². The summed E-state index contributed by atoms with van der Waals surface area (Å²) < 4.78 is 18.2. The zero-order chi connectivity index (χ0) is 13.4. The SMILES string of the molecule is CCO[Si](OCC)(OCC)C(CC)C1CCCC1. The molecule has 4 heteroatoms. The van der Waals surface area contributed by atoms with E-state index in [1.54, 1.807) is 0 Å². The van der Waals surface area contributed by atoms with Crippen LogP contribution >= 0.6 is 0 Å². The van der Waals surface area contributed by atoms with Gasteiger partial charge in [-0.3, -0.25) is 0 Å². The largest absolute Gasteiger partial charge is 0.504 e. The highest BCUT2D eigenvalue weighted by Gasteiger charge is 2.51. The molecule has 3 nitrogen and oxygen atoms in total. The van der Waals surface area contributed by atoms with E-state index in [-0.39, 0.29) is 0 Å². The van der Waals surface area contributed by atoms with Crippen LogP contribution in [0.25, 0.3) is 0 Å². The molecule has 1 unspecified atom stereocenters. The van der Waals surface area contributed by atoms with Crippen molar-refractivity contribution in [3.63, 3.8) is 0 Å². The minimum atomic E-state index is -2.49. The second kappa shape index (κ2) is 8.30. The van der Waals surface area contributed by atoms with Crippen LogP contribution in [0.2, 0.25) is 5.54 Å². The first kappa shape index (κ1) is 16.2. The van der Waals surface area contributed by atoms with Crippen LogP contribution < -0.4 is 0 Å². The van der Waals surface area contributed by atoms with Crippen molar-refractivity contribution >= 4 is 8.80 Å². The van der Waals surface area contributed by atoms with E-state index in [1.807, 2.05) is 20.8 Å². The Bertz CT molecular complexity index is 200. The van der Waals surface area contributed by atoms with Crippen molar-refractivity contribution in [2.45, 2.75) is 65.3 Å². The van der Waals surface area contributed by atoms with Crippen molar-refractivity contribution in [1.82, 2.24) is 0 Å². The zero-order valence-corrected chi connectivity index (χ0v) is 13.5. The fourth-order valence-corrected chi connectivity index (χ4v) is 6.79. The molecular weight excluding hydrogens is 244 g/mol. The Morgan fingerprint density at radius 2 is 1.33 bits per heavy atom. The van der Waals surface area contributed by atoms with Gasteiger partial charge in [0.1, 0.15) is 0 Å². The van der Waals surface area contributed by atoms with Crippen molar-refractivity contribution in [1.29, 1.82) is 0 Å². The first-order chi connectivity index (χ1) is 8.74. The predicted octanol–water partition coefficient (Wildman–Crippen LogP) is 4.01.